The van der Waals surface area contributed by atoms with Gasteiger partial charge in [-0.2, -0.15) is 0 Å². The van der Waals surface area contributed by atoms with E-state index in [2.05, 4.69) is 4.99 Å². The third-order valence-corrected chi connectivity index (χ3v) is 5.59. The largest absolute Gasteiger partial charge is 0.388 e. The highest BCUT2D eigenvalue weighted by molar-refractivity contribution is 6.30. The smallest absolute Gasteiger partial charge is 0.227 e. The highest BCUT2D eigenvalue weighted by Gasteiger charge is 2.36. The lowest BCUT2D eigenvalue weighted by atomic mass is 9.84. The molecule has 0 spiro atoms. The number of hydrogen-bond acceptors (Lipinski definition) is 5. The third-order valence-electron chi connectivity index (χ3n) is 5.33. The van der Waals surface area contributed by atoms with Crippen molar-refractivity contribution in [3.63, 3.8) is 0 Å². The van der Waals surface area contributed by atoms with Crippen LogP contribution in [0.25, 0.3) is 0 Å². The molecule has 6 heteroatoms. The van der Waals surface area contributed by atoms with Gasteiger partial charge in [-0.1, -0.05) is 43.0 Å². The van der Waals surface area contributed by atoms with E-state index in [1.165, 1.54) is 6.42 Å². The number of benzene rings is 1. The number of aliphatic imine (C=N–C) groups is 1. The molecule has 0 amide bonds. The molecule has 1 fully saturated rings. The second-order valence-corrected chi connectivity index (χ2v) is 7.86. The van der Waals surface area contributed by atoms with Gasteiger partial charge in [0, 0.05) is 18.3 Å². The predicted octanol–water partition coefficient (Wildman–Crippen LogP) is 3.44. The number of methoxy groups -OCH3 is 1. The minimum Gasteiger partial charge on any atom is -0.388 e. The number of nitrogens with zero attached hydrogens (tertiary/aromatic N) is 2. The Morgan fingerprint density at radius 1 is 1.27 bits per heavy atom. The molecule has 2 N–H and O–H groups in total. The van der Waals surface area contributed by atoms with E-state index >= 15 is 0 Å². The Morgan fingerprint density at radius 2 is 1.92 bits per heavy atom. The molecule has 0 bridgehead atoms. The van der Waals surface area contributed by atoms with Crippen molar-refractivity contribution in [1.82, 2.24) is 4.90 Å². The van der Waals surface area contributed by atoms with E-state index < -0.39 is 17.6 Å². The molecule has 2 atom stereocenters. The molecule has 3 rings (SSSR count). The van der Waals surface area contributed by atoms with Crippen LogP contribution in [0.1, 0.15) is 44.6 Å². The van der Waals surface area contributed by atoms with Crippen molar-refractivity contribution in [3.8, 4) is 0 Å². The maximum absolute atomic E-state index is 11.0. The molecule has 0 aromatic heterocycles. The molecule has 0 saturated heterocycles. The SMILES string of the molecule is COC1N=C(C(C)(O)c2ccc(Cl)cc2)C=CN1CC1(O)CCCCC1. The molecular weight excluding hydrogens is 352 g/mol. The van der Waals surface area contributed by atoms with Crippen molar-refractivity contribution < 1.29 is 14.9 Å². The molecule has 1 aromatic carbocycles. The fraction of sp³-hybridized carbons (Fsp3) is 0.550. The van der Waals surface area contributed by atoms with Crippen molar-refractivity contribution in [2.24, 2.45) is 4.99 Å². The summed E-state index contributed by atoms with van der Waals surface area (Å²) < 4.78 is 5.51. The summed E-state index contributed by atoms with van der Waals surface area (Å²) in [4.78, 5) is 6.48. The molecule has 1 saturated carbocycles. The monoisotopic (exact) mass is 378 g/mol. The predicted molar refractivity (Wildman–Crippen MR) is 103 cm³/mol. The maximum atomic E-state index is 11.0. The van der Waals surface area contributed by atoms with Crippen LogP contribution in [0.3, 0.4) is 0 Å². The van der Waals surface area contributed by atoms with Crippen LogP contribution in [-0.4, -0.2) is 46.4 Å². The first-order chi connectivity index (χ1) is 12.3. The molecule has 1 aliphatic heterocycles. The van der Waals surface area contributed by atoms with Crippen LogP contribution in [0.4, 0.5) is 0 Å². The van der Waals surface area contributed by atoms with Gasteiger partial charge >= 0.3 is 0 Å². The zero-order valence-electron chi connectivity index (χ0n) is 15.4. The summed E-state index contributed by atoms with van der Waals surface area (Å²) in [6, 6.07) is 7.07. The zero-order chi connectivity index (χ0) is 18.8. The standard InChI is InChI=1S/C20H27ClN2O3/c1-19(24,15-6-8-16(21)9-7-15)17-10-13-23(18(22-17)26-2)14-20(25)11-4-3-5-12-20/h6-10,13,18,24-25H,3-5,11-12,14H2,1-2H3. The number of β-amino-alcohol motifs (C(OH)–C–C–N with tert-alkyl or cyclic N) is 1. The van der Waals surface area contributed by atoms with Gasteiger partial charge in [-0.3, -0.25) is 0 Å². The fourth-order valence-corrected chi connectivity index (χ4v) is 3.84. The van der Waals surface area contributed by atoms with E-state index in [9.17, 15) is 10.2 Å². The van der Waals surface area contributed by atoms with Gasteiger partial charge in [0.2, 0.25) is 6.35 Å². The van der Waals surface area contributed by atoms with Crippen molar-refractivity contribution >= 4 is 17.3 Å². The van der Waals surface area contributed by atoms with Gasteiger partial charge in [0.25, 0.3) is 0 Å². The topological polar surface area (TPSA) is 65.3 Å². The molecule has 26 heavy (non-hydrogen) atoms. The molecule has 0 radical (unpaired) electrons. The van der Waals surface area contributed by atoms with Crippen molar-refractivity contribution in [2.75, 3.05) is 13.7 Å². The average Bonchev–Trinajstić information content (AvgIpc) is 2.62. The van der Waals surface area contributed by atoms with E-state index in [1.54, 1.807) is 44.4 Å². The van der Waals surface area contributed by atoms with Crippen LogP contribution in [0.2, 0.25) is 5.02 Å². The Morgan fingerprint density at radius 3 is 2.54 bits per heavy atom. The molecule has 2 unspecified atom stereocenters. The van der Waals surface area contributed by atoms with Crippen LogP contribution in [-0.2, 0) is 10.3 Å². The number of halogens is 1. The molecular formula is C20H27ClN2O3. The van der Waals surface area contributed by atoms with Gasteiger partial charge in [-0.05, 0) is 43.5 Å². The highest BCUT2D eigenvalue weighted by atomic mass is 35.5. The minimum atomic E-state index is -1.26. The number of ether oxygens (including phenoxy) is 1. The van der Waals surface area contributed by atoms with Gasteiger partial charge in [-0.15, -0.1) is 0 Å². The second kappa shape index (κ2) is 7.69. The molecule has 1 aliphatic carbocycles. The molecule has 5 nitrogen and oxygen atoms in total. The summed E-state index contributed by atoms with van der Waals surface area (Å²) >= 11 is 5.94. The summed E-state index contributed by atoms with van der Waals surface area (Å²) in [6.07, 6.45) is 7.94. The number of rotatable bonds is 5. The summed E-state index contributed by atoms with van der Waals surface area (Å²) in [6.45, 7) is 2.18. The van der Waals surface area contributed by atoms with Crippen LogP contribution in [0, 0.1) is 0 Å². The normalized spacial score (nSPS) is 24.9. The van der Waals surface area contributed by atoms with Crippen LogP contribution in [0.5, 0.6) is 0 Å². The first kappa shape index (κ1) is 19.4. The Balaban J connectivity index is 1.78. The van der Waals surface area contributed by atoms with Crippen molar-refractivity contribution in [2.45, 2.75) is 56.6 Å². The Kier molecular flexibility index (Phi) is 5.72. The van der Waals surface area contributed by atoms with Crippen molar-refractivity contribution in [1.29, 1.82) is 0 Å². The molecule has 2 aliphatic rings. The van der Waals surface area contributed by atoms with Gasteiger partial charge < -0.3 is 19.8 Å². The molecule has 1 aromatic rings. The summed E-state index contributed by atoms with van der Waals surface area (Å²) in [5.74, 6) is 0. The first-order valence-corrected chi connectivity index (χ1v) is 9.48. The van der Waals surface area contributed by atoms with Gasteiger partial charge in [0.05, 0.1) is 17.9 Å². The quantitative estimate of drug-likeness (QED) is 0.823. The van der Waals surface area contributed by atoms with Crippen molar-refractivity contribution in [3.05, 3.63) is 47.1 Å². The van der Waals surface area contributed by atoms with E-state index in [4.69, 9.17) is 16.3 Å². The maximum Gasteiger partial charge on any atom is 0.227 e. The zero-order valence-corrected chi connectivity index (χ0v) is 16.1. The fourth-order valence-electron chi connectivity index (χ4n) is 3.71. The summed E-state index contributed by atoms with van der Waals surface area (Å²) in [5, 5.41) is 22.5. The molecule has 1 heterocycles. The molecule has 142 valence electrons. The van der Waals surface area contributed by atoms with E-state index in [0.717, 1.165) is 25.7 Å². The first-order valence-electron chi connectivity index (χ1n) is 9.10. The lowest BCUT2D eigenvalue weighted by molar-refractivity contribution is -0.0696. The summed E-state index contributed by atoms with van der Waals surface area (Å²) in [7, 11) is 1.58. The second-order valence-electron chi connectivity index (χ2n) is 7.43. The van der Waals surface area contributed by atoms with Crippen LogP contribution < -0.4 is 0 Å². The van der Waals surface area contributed by atoms with E-state index in [0.29, 0.717) is 22.8 Å². The number of aliphatic hydroxyl groups is 2. The average molecular weight is 379 g/mol. The minimum absolute atomic E-state index is 0.474. The van der Waals surface area contributed by atoms with E-state index in [-0.39, 0.29) is 0 Å². The lowest BCUT2D eigenvalue weighted by Crippen LogP contribution is -2.48. The van der Waals surface area contributed by atoms with Crippen LogP contribution in [0.15, 0.2) is 41.5 Å². The Bertz CT molecular complexity index is 679. The third kappa shape index (κ3) is 4.12. The summed E-state index contributed by atoms with van der Waals surface area (Å²) in [5.41, 5.74) is -0.741. The van der Waals surface area contributed by atoms with Crippen LogP contribution >= 0.6 is 11.6 Å². The Labute approximate surface area is 159 Å². The van der Waals surface area contributed by atoms with Gasteiger partial charge in [0.1, 0.15) is 5.60 Å². The van der Waals surface area contributed by atoms with Gasteiger partial charge in [-0.25, -0.2) is 4.99 Å². The number of hydrogen-bond donors (Lipinski definition) is 2. The Hall–Kier alpha value is -1.40. The lowest BCUT2D eigenvalue weighted by Gasteiger charge is -2.40. The highest BCUT2D eigenvalue weighted by Crippen LogP contribution is 2.32. The van der Waals surface area contributed by atoms with Gasteiger partial charge in [0.15, 0.2) is 0 Å². The van der Waals surface area contributed by atoms with E-state index in [1.807, 2.05) is 11.1 Å².